The van der Waals surface area contributed by atoms with Gasteiger partial charge in [-0.05, 0) is 42.8 Å². The monoisotopic (exact) mass is 438 g/mol. The van der Waals surface area contributed by atoms with Crippen LogP contribution in [0.4, 0.5) is 0 Å². The summed E-state index contributed by atoms with van der Waals surface area (Å²) in [5.74, 6) is -0.842. The van der Waals surface area contributed by atoms with E-state index in [0.29, 0.717) is 5.56 Å². The van der Waals surface area contributed by atoms with Crippen LogP contribution in [-0.4, -0.2) is 35.0 Å². The molecule has 1 heterocycles. The van der Waals surface area contributed by atoms with E-state index in [1.54, 1.807) is 35.0 Å². The molecule has 4 rings (SSSR count). The minimum absolute atomic E-state index is 0.243. The maximum Gasteiger partial charge on any atom is 0.337 e. The number of hydrogen-bond acceptors (Lipinski definition) is 5. The zero-order chi connectivity index (χ0) is 23.2. The van der Waals surface area contributed by atoms with Crippen LogP contribution in [-0.2, 0) is 4.74 Å². The molecule has 0 aliphatic heterocycles. The van der Waals surface area contributed by atoms with E-state index in [1.807, 2.05) is 61.5 Å². The molecule has 0 radical (unpaired) electrons. The highest BCUT2D eigenvalue weighted by molar-refractivity contribution is 5.94. The van der Waals surface area contributed by atoms with Gasteiger partial charge in [0.25, 0.3) is 5.91 Å². The molecule has 1 N–H and O–H groups in total. The number of methoxy groups -OCH3 is 1. The van der Waals surface area contributed by atoms with Gasteiger partial charge in [0.1, 0.15) is 0 Å². The summed E-state index contributed by atoms with van der Waals surface area (Å²) in [7, 11) is 1.33. The molecule has 0 bridgehead atoms. The second-order valence-corrected chi connectivity index (χ2v) is 7.34. The lowest BCUT2D eigenvalue weighted by molar-refractivity contribution is 0.0600. The molecule has 0 aliphatic rings. The predicted molar refractivity (Wildman–Crippen MR) is 127 cm³/mol. The van der Waals surface area contributed by atoms with Crippen molar-refractivity contribution in [1.82, 2.24) is 15.2 Å². The molecule has 0 unspecified atom stereocenters. The van der Waals surface area contributed by atoms with Gasteiger partial charge in [-0.3, -0.25) is 4.79 Å². The molecule has 0 aliphatic carbocycles. The van der Waals surface area contributed by atoms with Crippen molar-refractivity contribution < 1.29 is 14.3 Å². The highest BCUT2D eigenvalue weighted by Gasteiger charge is 2.16. The lowest BCUT2D eigenvalue weighted by atomic mass is 10.1. The third-order valence-corrected chi connectivity index (χ3v) is 5.00. The number of amides is 1. The number of rotatable bonds is 6. The van der Waals surface area contributed by atoms with Crippen molar-refractivity contribution in [2.24, 2.45) is 5.10 Å². The van der Waals surface area contributed by atoms with Crippen molar-refractivity contribution in [2.75, 3.05) is 7.11 Å². The van der Waals surface area contributed by atoms with E-state index in [1.165, 1.54) is 13.3 Å². The Hall–Kier alpha value is -4.52. The van der Waals surface area contributed by atoms with Crippen LogP contribution >= 0.6 is 0 Å². The van der Waals surface area contributed by atoms with Gasteiger partial charge >= 0.3 is 5.97 Å². The minimum atomic E-state index is -0.430. The standard InChI is InChI=1S/C26H22N4O3/c1-18-8-12-20(13-9-18)24-16-23(29-30(24)22-6-4-3-5-7-22)25(31)28-27-17-19-10-14-21(15-11-19)26(32)33-2/h3-17H,1-2H3,(H,28,31)/b27-17-. The molecule has 0 atom stereocenters. The van der Waals surface area contributed by atoms with Crippen LogP contribution in [0.5, 0.6) is 0 Å². The first-order valence-electron chi connectivity index (χ1n) is 10.3. The summed E-state index contributed by atoms with van der Waals surface area (Å²) >= 11 is 0. The number of nitrogens with zero attached hydrogens (tertiary/aromatic N) is 3. The van der Waals surface area contributed by atoms with Gasteiger partial charge in [-0.1, -0.05) is 60.2 Å². The summed E-state index contributed by atoms with van der Waals surface area (Å²) in [6.07, 6.45) is 1.49. The number of benzene rings is 3. The molecule has 0 spiro atoms. The molecule has 0 fully saturated rings. The first-order valence-corrected chi connectivity index (χ1v) is 10.3. The van der Waals surface area contributed by atoms with Crippen LogP contribution in [0.25, 0.3) is 16.9 Å². The van der Waals surface area contributed by atoms with Crippen LogP contribution in [0.1, 0.15) is 32.0 Å². The summed E-state index contributed by atoms with van der Waals surface area (Å²) in [4.78, 5) is 24.3. The first-order chi connectivity index (χ1) is 16.0. The summed E-state index contributed by atoms with van der Waals surface area (Å²) in [6.45, 7) is 2.03. The Morgan fingerprint density at radius 3 is 2.33 bits per heavy atom. The lowest BCUT2D eigenvalue weighted by Crippen LogP contribution is -2.18. The Kier molecular flexibility index (Phi) is 6.40. The number of hydrazone groups is 1. The highest BCUT2D eigenvalue weighted by atomic mass is 16.5. The van der Waals surface area contributed by atoms with Crippen LogP contribution in [0.15, 0.2) is 90.0 Å². The summed E-state index contributed by atoms with van der Waals surface area (Å²) in [5, 5.41) is 8.54. The molecule has 33 heavy (non-hydrogen) atoms. The van der Waals surface area contributed by atoms with Gasteiger partial charge in [0, 0.05) is 5.56 Å². The third-order valence-electron chi connectivity index (χ3n) is 5.00. The van der Waals surface area contributed by atoms with Crippen LogP contribution in [0, 0.1) is 6.92 Å². The number of para-hydroxylation sites is 1. The second kappa shape index (κ2) is 9.74. The fourth-order valence-corrected chi connectivity index (χ4v) is 3.23. The molecule has 0 saturated heterocycles. The number of aryl methyl sites for hydroxylation is 1. The fourth-order valence-electron chi connectivity index (χ4n) is 3.23. The molecular weight excluding hydrogens is 416 g/mol. The quantitative estimate of drug-likeness (QED) is 0.275. The highest BCUT2D eigenvalue weighted by Crippen LogP contribution is 2.24. The van der Waals surface area contributed by atoms with Crippen molar-refractivity contribution in [2.45, 2.75) is 6.92 Å². The normalized spacial score (nSPS) is 10.8. The molecule has 3 aromatic carbocycles. The van der Waals surface area contributed by atoms with Crippen molar-refractivity contribution in [3.05, 3.63) is 107 Å². The SMILES string of the molecule is COC(=O)c1ccc(/C=N\NC(=O)c2cc(-c3ccc(C)cc3)n(-c3ccccc3)n2)cc1. The molecule has 4 aromatic rings. The van der Waals surface area contributed by atoms with Gasteiger partial charge < -0.3 is 4.74 Å². The van der Waals surface area contributed by atoms with E-state index in [-0.39, 0.29) is 5.69 Å². The van der Waals surface area contributed by atoms with Crippen molar-refractivity contribution >= 4 is 18.1 Å². The number of carbonyl (C=O) groups excluding carboxylic acids is 2. The van der Waals surface area contributed by atoms with Crippen LogP contribution in [0.3, 0.4) is 0 Å². The second-order valence-electron chi connectivity index (χ2n) is 7.34. The van der Waals surface area contributed by atoms with Crippen molar-refractivity contribution in [1.29, 1.82) is 0 Å². The Bertz CT molecular complexity index is 1290. The third kappa shape index (κ3) is 5.04. The van der Waals surface area contributed by atoms with E-state index < -0.39 is 11.9 Å². The van der Waals surface area contributed by atoms with Gasteiger partial charge in [-0.25, -0.2) is 14.9 Å². The topological polar surface area (TPSA) is 85.6 Å². The van der Waals surface area contributed by atoms with E-state index in [0.717, 1.165) is 28.1 Å². The molecule has 164 valence electrons. The fraction of sp³-hybridized carbons (Fsp3) is 0.0769. The largest absolute Gasteiger partial charge is 0.465 e. The van der Waals surface area contributed by atoms with Crippen molar-refractivity contribution in [3.8, 4) is 16.9 Å². The summed E-state index contributed by atoms with van der Waals surface area (Å²) in [5.41, 5.74) is 7.66. The smallest absolute Gasteiger partial charge is 0.337 e. The van der Waals surface area contributed by atoms with E-state index in [9.17, 15) is 9.59 Å². The lowest BCUT2D eigenvalue weighted by Gasteiger charge is -2.07. The number of nitrogens with one attached hydrogen (secondary N) is 1. The zero-order valence-electron chi connectivity index (χ0n) is 18.2. The van der Waals surface area contributed by atoms with Crippen molar-refractivity contribution in [3.63, 3.8) is 0 Å². The maximum absolute atomic E-state index is 12.7. The van der Waals surface area contributed by atoms with Gasteiger partial charge in [-0.15, -0.1) is 0 Å². The Labute approximate surface area is 191 Å². The molecule has 0 saturated carbocycles. The Balaban J connectivity index is 1.56. The molecule has 7 heteroatoms. The van der Waals surface area contributed by atoms with E-state index >= 15 is 0 Å². The average Bonchev–Trinajstić information content (AvgIpc) is 3.30. The Morgan fingerprint density at radius 1 is 0.970 bits per heavy atom. The van der Waals surface area contributed by atoms with E-state index in [4.69, 9.17) is 0 Å². The molecule has 1 aromatic heterocycles. The van der Waals surface area contributed by atoms with Gasteiger partial charge in [0.05, 0.1) is 30.3 Å². The average molecular weight is 438 g/mol. The van der Waals surface area contributed by atoms with Crippen LogP contribution in [0.2, 0.25) is 0 Å². The summed E-state index contributed by atoms with van der Waals surface area (Å²) < 4.78 is 6.43. The number of esters is 1. The molecule has 1 amide bonds. The number of aromatic nitrogens is 2. The maximum atomic E-state index is 12.7. The van der Waals surface area contributed by atoms with Crippen LogP contribution < -0.4 is 5.43 Å². The summed E-state index contributed by atoms with van der Waals surface area (Å²) in [6, 6.07) is 26.1. The number of hydrogen-bond donors (Lipinski definition) is 1. The van der Waals surface area contributed by atoms with Gasteiger partial charge in [0.2, 0.25) is 0 Å². The van der Waals surface area contributed by atoms with Gasteiger partial charge in [-0.2, -0.15) is 10.2 Å². The predicted octanol–water partition coefficient (Wildman–Crippen LogP) is 4.40. The minimum Gasteiger partial charge on any atom is -0.465 e. The zero-order valence-corrected chi connectivity index (χ0v) is 18.2. The molecular formula is C26H22N4O3. The van der Waals surface area contributed by atoms with Gasteiger partial charge in [0.15, 0.2) is 5.69 Å². The van der Waals surface area contributed by atoms with E-state index in [2.05, 4.69) is 20.4 Å². The number of carbonyl (C=O) groups is 2. The number of ether oxygens (including phenoxy) is 1. The molecule has 7 nitrogen and oxygen atoms in total. The first kappa shape index (κ1) is 21.7. The Morgan fingerprint density at radius 2 is 1.67 bits per heavy atom.